The predicted molar refractivity (Wildman–Crippen MR) is 63.5 cm³/mol. The van der Waals surface area contributed by atoms with Crippen LogP contribution in [0.5, 0.6) is 0 Å². The van der Waals surface area contributed by atoms with Gasteiger partial charge in [0.25, 0.3) is 0 Å². The third kappa shape index (κ3) is 2.41. The van der Waals surface area contributed by atoms with E-state index in [0.717, 1.165) is 5.56 Å². The van der Waals surface area contributed by atoms with Crippen LogP contribution in [0.2, 0.25) is 0 Å². The van der Waals surface area contributed by atoms with Crippen molar-refractivity contribution in [1.29, 1.82) is 0 Å². The first-order chi connectivity index (χ1) is 8.22. The molecule has 1 saturated heterocycles. The van der Waals surface area contributed by atoms with Crippen molar-refractivity contribution >= 4 is 6.09 Å². The Morgan fingerprint density at radius 2 is 2.24 bits per heavy atom. The van der Waals surface area contributed by atoms with Crippen LogP contribution in [0, 0.1) is 0 Å². The summed E-state index contributed by atoms with van der Waals surface area (Å²) in [6.45, 7) is 1.99. The summed E-state index contributed by atoms with van der Waals surface area (Å²) in [7, 11) is 0. The molecule has 2 rings (SSSR count). The number of aliphatic hydroxyl groups is 1. The smallest absolute Gasteiger partial charge is 0.417 e. The molecule has 1 aliphatic heterocycles. The lowest BCUT2D eigenvalue weighted by molar-refractivity contribution is 0.149. The highest BCUT2D eigenvalue weighted by Crippen LogP contribution is 2.20. The molecule has 17 heavy (non-hydrogen) atoms. The number of ether oxygens (including phenoxy) is 1. The van der Waals surface area contributed by atoms with Gasteiger partial charge in [0.1, 0.15) is 6.61 Å². The number of carbonyl (C=O) groups excluding carboxylic acids is 1. The number of nitrogens with zero attached hydrogens (tertiary/aromatic N) is 1. The average Bonchev–Trinajstić information content (AvgIpc) is 2.71. The van der Waals surface area contributed by atoms with E-state index in [9.17, 15) is 9.90 Å². The van der Waals surface area contributed by atoms with Gasteiger partial charge in [-0.25, -0.2) is 9.69 Å². The molecule has 1 aromatic carbocycles. The van der Waals surface area contributed by atoms with Gasteiger partial charge in [-0.2, -0.15) is 0 Å². The van der Waals surface area contributed by atoms with Gasteiger partial charge < -0.3 is 9.84 Å². The fraction of sp³-hybridized carbons (Fsp3) is 0.308. The molecule has 1 N–H and O–H groups in total. The maximum Gasteiger partial charge on any atom is 0.417 e. The van der Waals surface area contributed by atoms with Crippen LogP contribution in [0.3, 0.4) is 0 Å². The van der Waals surface area contributed by atoms with Crippen LogP contribution in [-0.2, 0) is 11.2 Å². The zero-order chi connectivity index (χ0) is 12.3. The molecule has 1 aromatic rings. The van der Waals surface area contributed by atoms with Gasteiger partial charge in [-0.3, -0.25) is 0 Å². The number of carbonyl (C=O) groups is 1. The van der Waals surface area contributed by atoms with Crippen molar-refractivity contribution < 1.29 is 14.6 Å². The Morgan fingerprint density at radius 3 is 2.88 bits per heavy atom. The Bertz CT molecular complexity index is 428. The Balaban J connectivity index is 2.13. The highest BCUT2D eigenvalue weighted by Gasteiger charge is 2.35. The summed E-state index contributed by atoms with van der Waals surface area (Å²) in [6.07, 6.45) is 1.68. The van der Waals surface area contributed by atoms with E-state index in [1.165, 1.54) is 11.0 Å². The Morgan fingerprint density at radius 1 is 1.53 bits per heavy atom. The van der Waals surface area contributed by atoms with Gasteiger partial charge in [0.05, 0.1) is 6.04 Å². The lowest BCUT2D eigenvalue weighted by Crippen LogP contribution is -2.34. The summed E-state index contributed by atoms with van der Waals surface area (Å²) in [5, 5.41) is 9.66. The van der Waals surface area contributed by atoms with Crippen LogP contribution in [0.4, 0.5) is 4.79 Å². The molecule has 0 radical (unpaired) electrons. The molecule has 0 unspecified atom stereocenters. The molecule has 4 nitrogen and oxygen atoms in total. The summed E-state index contributed by atoms with van der Waals surface area (Å²) in [4.78, 5) is 12.8. The lowest BCUT2D eigenvalue weighted by Gasteiger charge is -2.19. The van der Waals surface area contributed by atoms with E-state index in [2.05, 4.69) is 0 Å². The molecule has 90 valence electrons. The van der Waals surface area contributed by atoms with Crippen molar-refractivity contribution in [3.63, 3.8) is 0 Å². The topological polar surface area (TPSA) is 49.8 Å². The van der Waals surface area contributed by atoms with E-state index in [4.69, 9.17) is 4.74 Å². The molecule has 1 atom stereocenters. The molecule has 1 heterocycles. The summed E-state index contributed by atoms with van der Waals surface area (Å²) < 4.78 is 4.96. The van der Waals surface area contributed by atoms with E-state index in [1.54, 1.807) is 6.92 Å². The zero-order valence-corrected chi connectivity index (χ0v) is 9.67. The molecular formula is C13H15NO3. The summed E-state index contributed by atoms with van der Waals surface area (Å²) in [5.41, 5.74) is 1.12. The van der Waals surface area contributed by atoms with E-state index >= 15 is 0 Å². The van der Waals surface area contributed by atoms with Crippen molar-refractivity contribution in [2.24, 2.45) is 0 Å². The Hall–Kier alpha value is -1.97. The standard InChI is InChI=1S/C13H15NO3/c1-2-12(15)14-11(9-17-13(14)16)8-10-6-4-3-5-7-10/h2-7,11,15H,8-9H2,1H3/b12-2-/t11-/m1/s1. The van der Waals surface area contributed by atoms with Crippen molar-refractivity contribution in [1.82, 2.24) is 4.90 Å². The van der Waals surface area contributed by atoms with Crippen molar-refractivity contribution in [2.75, 3.05) is 6.61 Å². The molecule has 0 saturated carbocycles. The third-order valence-electron chi connectivity index (χ3n) is 2.78. The van der Waals surface area contributed by atoms with E-state index < -0.39 is 6.09 Å². The largest absolute Gasteiger partial charge is 0.495 e. The van der Waals surface area contributed by atoms with Gasteiger partial charge in [-0.15, -0.1) is 0 Å². The van der Waals surface area contributed by atoms with E-state index in [0.29, 0.717) is 13.0 Å². The molecule has 0 aromatic heterocycles. The lowest BCUT2D eigenvalue weighted by atomic mass is 10.1. The highest BCUT2D eigenvalue weighted by atomic mass is 16.6. The quantitative estimate of drug-likeness (QED) is 0.816. The number of hydrogen-bond donors (Lipinski definition) is 1. The van der Waals surface area contributed by atoms with Crippen LogP contribution >= 0.6 is 0 Å². The SMILES string of the molecule is C/C=C(\O)N1C(=O)OC[C@H]1Cc1ccccc1. The normalized spacial score (nSPS) is 20.5. The first-order valence-corrected chi connectivity index (χ1v) is 5.57. The molecule has 0 spiro atoms. The van der Waals surface area contributed by atoms with Gasteiger partial charge in [0.2, 0.25) is 0 Å². The van der Waals surface area contributed by atoms with Crippen molar-refractivity contribution in [3.8, 4) is 0 Å². The van der Waals surface area contributed by atoms with Gasteiger partial charge >= 0.3 is 6.09 Å². The Kier molecular flexibility index (Phi) is 3.32. The van der Waals surface area contributed by atoms with Crippen LogP contribution in [0.1, 0.15) is 12.5 Å². The minimum Gasteiger partial charge on any atom is -0.495 e. The number of rotatable bonds is 3. The number of cyclic esters (lactones) is 1. The summed E-state index contributed by atoms with van der Waals surface area (Å²) in [6, 6.07) is 9.70. The number of amides is 1. The zero-order valence-electron chi connectivity index (χ0n) is 9.67. The molecule has 1 aliphatic rings. The van der Waals surface area contributed by atoms with Crippen LogP contribution in [0.25, 0.3) is 0 Å². The molecule has 0 bridgehead atoms. The monoisotopic (exact) mass is 233 g/mol. The van der Waals surface area contributed by atoms with Crippen LogP contribution in [-0.4, -0.2) is 28.7 Å². The first-order valence-electron chi connectivity index (χ1n) is 5.57. The second kappa shape index (κ2) is 4.91. The van der Waals surface area contributed by atoms with Gasteiger partial charge in [0, 0.05) is 0 Å². The number of hydrogen-bond acceptors (Lipinski definition) is 3. The third-order valence-corrected chi connectivity index (χ3v) is 2.78. The molecule has 0 aliphatic carbocycles. The predicted octanol–water partition coefficient (Wildman–Crippen LogP) is 2.47. The van der Waals surface area contributed by atoms with Gasteiger partial charge in [0.15, 0.2) is 5.88 Å². The maximum absolute atomic E-state index is 11.5. The van der Waals surface area contributed by atoms with Crippen molar-refractivity contribution in [3.05, 3.63) is 47.9 Å². The highest BCUT2D eigenvalue weighted by molar-refractivity contribution is 5.72. The van der Waals surface area contributed by atoms with Gasteiger partial charge in [-0.05, 0) is 25.0 Å². The minimum atomic E-state index is -0.485. The first kappa shape index (κ1) is 11.5. The maximum atomic E-state index is 11.5. The minimum absolute atomic E-state index is 0.0477. The van der Waals surface area contributed by atoms with Crippen LogP contribution < -0.4 is 0 Å². The van der Waals surface area contributed by atoms with E-state index in [-0.39, 0.29) is 11.9 Å². The number of benzene rings is 1. The van der Waals surface area contributed by atoms with Crippen LogP contribution in [0.15, 0.2) is 42.3 Å². The molecule has 1 amide bonds. The summed E-state index contributed by atoms with van der Waals surface area (Å²) >= 11 is 0. The number of allylic oxidation sites excluding steroid dienone is 1. The van der Waals surface area contributed by atoms with Crippen molar-refractivity contribution in [2.45, 2.75) is 19.4 Å². The molecule has 1 fully saturated rings. The number of aliphatic hydroxyl groups excluding tert-OH is 1. The fourth-order valence-corrected chi connectivity index (χ4v) is 1.92. The summed E-state index contributed by atoms with van der Waals surface area (Å²) in [5.74, 6) is -0.0477. The van der Waals surface area contributed by atoms with E-state index in [1.807, 2.05) is 30.3 Å². The second-order valence-electron chi connectivity index (χ2n) is 3.94. The molecule has 4 heteroatoms. The second-order valence-corrected chi connectivity index (χ2v) is 3.94. The van der Waals surface area contributed by atoms with Gasteiger partial charge in [-0.1, -0.05) is 30.3 Å². The molecular weight excluding hydrogens is 218 g/mol. The fourth-order valence-electron chi connectivity index (χ4n) is 1.92. The average molecular weight is 233 g/mol. The Labute approximate surface area is 100 Å².